The van der Waals surface area contributed by atoms with Gasteiger partial charge in [0.1, 0.15) is 17.1 Å². The van der Waals surface area contributed by atoms with Crippen LogP contribution in [0.4, 0.5) is 0 Å². The molecule has 9 heteroatoms. The SMILES string of the molecule is CNOCCON/C1=C\c2c(Cl)c(O)cc(O)c2C(=O)OCCC=CCCC=C1. The van der Waals surface area contributed by atoms with Gasteiger partial charge < -0.3 is 14.9 Å². The van der Waals surface area contributed by atoms with Crippen LogP contribution in [0.2, 0.25) is 5.02 Å². The van der Waals surface area contributed by atoms with Crippen LogP contribution < -0.4 is 11.0 Å². The number of rotatable bonds is 6. The molecule has 1 aromatic rings. The predicted octanol–water partition coefficient (Wildman–Crippen LogP) is 3.22. The molecule has 0 saturated heterocycles. The molecule has 0 atom stereocenters. The summed E-state index contributed by atoms with van der Waals surface area (Å²) < 4.78 is 5.24. The Balaban J connectivity index is 2.41. The maximum atomic E-state index is 12.5. The van der Waals surface area contributed by atoms with Crippen molar-refractivity contribution in [3.63, 3.8) is 0 Å². The minimum Gasteiger partial charge on any atom is -0.507 e. The van der Waals surface area contributed by atoms with Gasteiger partial charge in [0.05, 0.1) is 30.5 Å². The Bertz CT molecular complexity index is 792. The molecular formula is C20H25ClN2O6. The van der Waals surface area contributed by atoms with Crippen LogP contribution in [0, 0.1) is 0 Å². The van der Waals surface area contributed by atoms with Crippen LogP contribution in [0.3, 0.4) is 0 Å². The predicted molar refractivity (Wildman–Crippen MR) is 109 cm³/mol. The molecule has 2 rings (SSSR count). The van der Waals surface area contributed by atoms with Crippen LogP contribution in [-0.4, -0.2) is 43.1 Å². The Morgan fingerprint density at radius 2 is 1.83 bits per heavy atom. The first-order chi connectivity index (χ1) is 14.0. The van der Waals surface area contributed by atoms with E-state index in [9.17, 15) is 15.0 Å². The standard InChI is InChI=1S/C20H25ClN2O6/c1-22-28-10-11-29-23-14-8-6-4-2-3-5-7-9-27-20(26)18-15(12-14)19(21)17(25)13-16(18)24/h3,5-6,8,12-13,22-25H,2,4,7,9-11H2,1H3/b5-3?,8-6?,14-12-. The van der Waals surface area contributed by atoms with Crippen molar-refractivity contribution in [1.29, 1.82) is 0 Å². The van der Waals surface area contributed by atoms with Crippen LogP contribution in [0.25, 0.3) is 6.08 Å². The number of nitrogens with one attached hydrogen (secondary N) is 2. The molecule has 0 aliphatic carbocycles. The van der Waals surface area contributed by atoms with Gasteiger partial charge in [-0.2, -0.15) is 0 Å². The number of benzene rings is 1. The summed E-state index contributed by atoms with van der Waals surface area (Å²) in [5.41, 5.74) is 5.72. The maximum Gasteiger partial charge on any atom is 0.342 e. The third kappa shape index (κ3) is 7.10. The molecule has 1 aliphatic rings. The van der Waals surface area contributed by atoms with Crippen LogP contribution in [-0.2, 0) is 14.4 Å². The molecule has 158 valence electrons. The van der Waals surface area contributed by atoms with Crippen LogP contribution >= 0.6 is 11.6 Å². The highest BCUT2D eigenvalue weighted by atomic mass is 35.5. The van der Waals surface area contributed by atoms with Crippen LogP contribution in [0.1, 0.15) is 35.2 Å². The molecule has 0 radical (unpaired) electrons. The van der Waals surface area contributed by atoms with Gasteiger partial charge in [0.25, 0.3) is 0 Å². The third-order valence-electron chi connectivity index (χ3n) is 3.87. The van der Waals surface area contributed by atoms with E-state index in [1.807, 2.05) is 18.2 Å². The Morgan fingerprint density at radius 3 is 2.62 bits per heavy atom. The second-order valence-corrected chi connectivity index (χ2v) is 6.37. The average molecular weight is 425 g/mol. The van der Waals surface area contributed by atoms with E-state index in [2.05, 4.69) is 11.0 Å². The number of aromatic hydroxyl groups is 2. The van der Waals surface area contributed by atoms with E-state index in [0.717, 1.165) is 18.9 Å². The highest BCUT2D eigenvalue weighted by Crippen LogP contribution is 2.37. The van der Waals surface area contributed by atoms with Gasteiger partial charge in [0.15, 0.2) is 0 Å². The van der Waals surface area contributed by atoms with Crippen molar-refractivity contribution in [2.45, 2.75) is 19.3 Å². The normalized spacial score (nSPS) is 17.0. The quantitative estimate of drug-likeness (QED) is 0.238. The average Bonchev–Trinajstić information content (AvgIpc) is 2.69. The van der Waals surface area contributed by atoms with Gasteiger partial charge in [-0.1, -0.05) is 29.8 Å². The number of carbonyl (C=O) groups is 1. The lowest BCUT2D eigenvalue weighted by Gasteiger charge is -2.14. The summed E-state index contributed by atoms with van der Waals surface area (Å²) in [5, 5.41) is 20.1. The van der Waals surface area contributed by atoms with E-state index in [-0.39, 0.29) is 35.1 Å². The summed E-state index contributed by atoms with van der Waals surface area (Å²) in [4.78, 5) is 22.9. The first kappa shape index (κ1) is 22.8. The lowest BCUT2D eigenvalue weighted by molar-refractivity contribution is -0.0188. The van der Waals surface area contributed by atoms with E-state index in [0.29, 0.717) is 18.7 Å². The van der Waals surface area contributed by atoms with Crippen molar-refractivity contribution < 1.29 is 29.4 Å². The van der Waals surface area contributed by atoms with Gasteiger partial charge >= 0.3 is 5.97 Å². The molecule has 0 fully saturated rings. The molecule has 8 nitrogen and oxygen atoms in total. The Hall–Kier alpha value is -2.52. The highest BCUT2D eigenvalue weighted by molar-refractivity contribution is 6.34. The Kier molecular flexibility index (Phi) is 9.52. The zero-order valence-electron chi connectivity index (χ0n) is 16.1. The smallest absolute Gasteiger partial charge is 0.342 e. The van der Waals surface area contributed by atoms with Crippen LogP contribution in [0.15, 0.2) is 36.1 Å². The van der Waals surface area contributed by atoms with Crippen molar-refractivity contribution in [3.8, 4) is 11.5 Å². The molecule has 1 aromatic carbocycles. The second-order valence-electron chi connectivity index (χ2n) is 6.00. The fourth-order valence-corrected chi connectivity index (χ4v) is 2.72. The molecule has 0 amide bonds. The Morgan fingerprint density at radius 1 is 1.10 bits per heavy atom. The summed E-state index contributed by atoms with van der Waals surface area (Å²) >= 11 is 6.22. The zero-order chi connectivity index (χ0) is 21.1. The number of fused-ring (bicyclic) bond motifs is 1. The number of halogens is 1. The van der Waals surface area contributed by atoms with E-state index < -0.39 is 11.7 Å². The van der Waals surface area contributed by atoms with Crippen molar-refractivity contribution in [3.05, 3.63) is 52.2 Å². The molecule has 0 unspecified atom stereocenters. The lowest BCUT2D eigenvalue weighted by Crippen LogP contribution is -2.19. The largest absolute Gasteiger partial charge is 0.507 e. The summed E-state index contributed by atoms with van der Waals surface area (Å²) in [6.07, 6.45) is 11.3. The van der Waals surface area contributed by atoms with Crippen LogP contribution in [0.5, 0.6) is 11.5 Å². The number of esters is 1. The number of hydroxylamine groups is 2. The number of ether oxygens (including phenoxy) is 1. The van der Waals surface area contributed by atoms with Gasteiger partial charge in [-0.25, -0.2) is 10.3 Å². The van der Waals surface area contributed by atoms with Gasteiger partial charge in [-0.05, 0) is 31.4 Å². The van der Waals surface area contributed by atoms with Gasteiger partial charge in [0, 0.05) is 18.7 Å². The van der Waals surface area contributed by atoms with Gasteiger partial charge in [-0.3, -0.25) is 15.2 Å². The van der Waals surface area contributed by atoms with Crippen molar-refractivity contribution in [2.75, 3.05) is 26.9 Å². The number of cyclic esters (lactones) is 1. The van der Waals surface area contributed by atoms with Crippen molar-refractivity contribution >= 4 is 23.6 Å². The molecule has 4 N–H and O–H groups in total. The van der Waals surface area contributed by atoms with E-state index >= 15 is 0 Å². The zero-order valence-corrected chi connectivity index (χ0v) is 16.9. The molecule has 0 saturated carbocycles. The van der Waals surface area contributed by atoms with Gasteiger partial charge in [-0.15, -0.1) is 0 Å². The molecule has 1 aliphatic heterocycles. The topological polar surface area (TPSA) is 109 Å². The van der Waals surface area contributed by atoms with E-state index in [1.54, 1.807) is 13.1 Å². The monoisotopic (exact) mass is 424 g/mol. The molecule has 1 heterocycles. The number of hydrogen-bond acceptors (Lipinski definition) is 8. The second kappa shape index (κ2) is 12.1. The summed E-state index contributed by atoms with van der Waals surface area (Å²) in [7, 11) is 1.64. The fourth-order valence-electron chi connectivity index (χ4n) is 2.52. The highest BCUT2D eigenvalue weighted by Gasteiger charge is 2.22. The Labute approximate surface area is 174 Å². The molecule has 29 heavy (non-hydrogen) atoms. The summed E-state index contributed by atoms with van der Waals surface area (Å²) in [6, 6.07) is 1.01. The number of allylic oxidation sites excluding steroid dienone is 3. The number of hydrogen-bond donors (Lipinski definition) is 4. The lowest BCUT2D eigenvalue weighted by atomic mass is 10.0. The van der Waals surface area contributed by atoms with Crippen molar-refractivity contribution in [1.82, 2.24) is 11.0 Å². The molecule has 0 spiro atoms. The minimum absolute atomic E-state index is 0.0899. The first-order valence-corrected chi connectivity index (χ1v) is 9.53. The molecular weight excluding hydrogens is 400 g/mol. The van der Waals surface area contributed by atoms with E-state index in [4.69, 9.17) is 26.0 Å². The summed E-state index contributed by atoms with van der Waals surface area (Å²) in [5.74, 6) is -1.53. The minimum atomic E-state index is -0.743. The number of carbonyl (C=O) groups excluding carboxylic acids is 1. The summed E-state index contributed by atoms with van der Waals surface area (Å²) in [6.45, 7) is 0.700. The van der Waals surface area contributed by atoms with Crippen molar-refractivity contribution in [2.24, 2.45) is 0 Å². The fraction of sp³-hybridized carbons (Fsp3) is 0.350. The van der Waals surface area contributed by atoms with Gasteiger partial charge in [0.2, 0.25) is 0 Å². The van der Waals surface area contributed by atoms with E-state index in [1.165, 1.54) is 6.08 Å². The molecule has 0 bridgehead atoms. The third-order valence-corrected chi connectivity index (χ3v) is 4.27. The maximum absolute atomic E-state index is 12.5. The molecule has 0 aromatic heterocycles. The number of phenols is 2. The number of phenolic OH excluding ortho intramolecular Hbond substituents is 2. The first-order valence-electron chi connectivity index (χ1n) is 9.15.